The minimum Gasteiger partial charge on any atom is -0.462 e. The highest BCUT2D eigenvalue weighted by Crippen LogP contribution is 2.36. The van der Waals surface area contributed by atoms with Crippen molar-refractivity contribution in [3.05, 3.63) is 10.4 Å². The van der Waals surface area contributed by atoms with E-state index in [1.165, 1.54) is 11.3 Å². The number of carbonyl (C=O) groups excluding carboxylic acids is 1. The number of nitrogen functional groups attached to an aromatic ring is 1. The highest BCUT2D eigenvalue weighted by Gasteiger charge is 2.24. The van der Waals surface area contributed by atoms with Crippen molar-refractivity contribution in [1.29, 1.82) is 5.26 Å². The molecule has 1 heterocycles. The average Bonchev–Trinajstić information content (AvgIpc) is 2.74. The Bertz CT molecular complexity index is 534. The quantitative estimate of drug-likeness (QED) is 0.751. The van der Waals surface area contributed by atoms with E-state index in [-0.39, 0.29) is 23.9 Å². The third kappa shape index (κ3) is 4.36. The Hall–Kier alpha value is -1.74. The van der Waals surface area contributed by atoms with Crippen LogP contribution in [0.3, 0.4) is 0 Å². The van der Waals surface area contributed by atoms with E-state index in [9.17, 15) is 4.79 Å². The lowest BCUT2D eigenvalue weighted by Gasteiger charge is -2.18. The van der Waals surface area contributed by atoms with Gasteiger partial charge in [0.05, 0.1) is 12.3 Å². The highest BCUT2D eigenvalue weighted by atomic mass is 32.1. The molecule has 21 heavy (non-hydrogen) atoms. The molecule has 2 unspecified atom stereocenters. The fraction of sp³-hybridized carbons (Fsp3) is 0.600. The first-order valence-corrected chi connectivity index (χ1v) is 8.02. The topological polar surface area (TPSA) is 88.1 Å². The molecular weight excluding hydrogens is 286 g/mol. The third-order valence-corrected chi connectivity index (χ3v) is 4.40. The number of esters is 1. The Kier molecular flexibility index (Phi) is 6.50. The molecule has 116 valence electrons. The molecule has 0 fully saturated rings. The minimum absolute atomic E-state index is 0.192. The summed E-state index contributed by atoms with van der Waals surface area (Å²) in [5.74, 6) is 0.109. The van der Waals surface area contributed by atoms with Crippen LogP contribution >= 0.6 is 11.3 Å². The van der Waals surface area contributed by atoms with Gasteiger partial charge in [0.1, 0.15) is 21.5 Å². The van der Waals surface area contributed by atoms with Gasteiger partial charge in [0.2, 0.25) is 0 Å². The summed E-state index contributed by atoms with van der Waals surface area (Å²) in [7, 11) is 0. The van der Waals surface area contributed by atoms with Gasteiger partial charge in [-0.05, 0) is 26.2 Å². The second-order valence-electron chi connectivity index (χ2n) is 5.18. The van der Waals surface area contributed by atoms with Gasteiger partial charge in [-0.2, -0.15) is 5.26 Å². The van der Waals surface area contributed by atoms with Crippen molar-refractivity contribution < 1.29 is 9.53 Å². The Morgan fingerprint density at radius 1 is 1.48 bits per heavy atom. The number of nitriles is 1. The van der Waals surface area contributed by atoms with Gasteiger partial charge in [-0.1, -0.05) is 20.3 Å². The van der Waals surface area contributed by atoms with Crippen LogP contribution in [0.15, 0.2) is 0 Å². The molecule has 3 N–H and O–H groups in total. The number of nitrogens with zero attached hydrogens (tertiary/aromatic N) is 1. The Balaban J connectivity index is 3.00. The van der Waals surface area contributed by atoms with E-state index in [0.29, 0.717) is 15.8 Å². The van der Waals surface area contributed by atoms with E-state index >= 15 is 0 Å². The summed E-state index contributed by atoms with van der Waals surface area (Å²) in [6.45, 7) is 8.41. The second-order valence-corrected chi connectivity index (χ2v) is 6.20. The number of rotatable bonds is 7. The molecule has 1 rings (SSSR count). The van der Waals surface area contributed by atoms with Crippen molar-refractivity contribution in [2.45, 2.75) is 46.6 Å². The van der Waals surface area contributed by atoms with Crippen molar-refractivity contribution in [3.63, 3.8) is 0 Å². The summed E-state index contributed by atoms with van der Waals surface area (Å²) in [5.41, 5.74) is 6.39. The molecule has 0 radical (unpaired) electrons. The van der Waals surface area contributed by atoms with Gasteiger partial charge in [0, 0.05) is 6.04 Å². The van der Waals surface area contributed by atoms with E-state index < -0.39 is 5.97 Å². The molecule has 1 aromatic rings. The van der Waals surface area contributed by atoms with Crippen LogP contribution in [0.4, 0.5) is 10.7 Å². The van der Waals surface area contributed by atoms with Gasteiger partial charge in [-0.25, -0.2) is 4.79 Å². The zero-order valence-electron chi connectivity index (χ0n) is 13.0. The average molecular weight is 309 g/mol. The van der Waals surface area contributed by atoms with Crippen LogP contribution < -0.4 is 11.1 Å². The number of hydrogen-bond acceptors (Lipinski definition) is 6. The summed E-state index contributed by atoms with van der Waals surface area (Å²) in [5, 5.41) is 13.0. The van der Waals surface area contributed by atoms with E-state index in [4.69, 9.17) is 15.7 Å². The second kappa shape index (κ2) is 7.89. The maximum absolute atomic E-state index is 12.0. The molecule has 0 amide bonds. The van der Waals surface area contributed by atoms with Crippen molar-refractivity contribution in [2.75, 3.05) is 17.7 Å². The first-order chi connectivity index (χ1) is 9.94. The first kappa shape index (κ1) is 17.3. The third-order valence-electron chi connectivity index (χ3n) is 3.36. The van der Waals surface area contributed by atoms with E-state index in [0.717, 1.165) is 12.8 Å². The molecule has 0 bridgehead atoms. The van der Waals surface area contributed by atoms with E-state index in [1.807, 2.05) is 6.07 Å². The zero-order chi connectivity index (χ0) is 16.0. The smallest absolute Gasteiger partial charge is 0.343 e. The van der Waals surface area contributed by atoms with Gasteiger partial charge in [-0.3, -0.25) is 0 Å². The molecule has 2 atom stereocenters. The van der Waals surface area contributed by atoms with Crippen molar-refractivity contribution in [3.8, 4) is 6.07 Å². The molecule has 0 aromatic carbocycles. The fourth-order valence-electron chi connectivity index (χ4n) is 2.09. The van der Waals surface area contributed by atoms with E-state index in [2.05, 4.69) is 26.1 Å². The molecule has 0 aliphatic carbocycles. The first-order valence-electron chi connectivity index (χ1n) is 7.20. The van der Waals surface area contributed by atoms with Crippen LogP contribution in [0.2, 0.25) is 0 Å². The number of anilines is 2. The summed E-state index contributed by atoms with van der Waals surface area (Å²) in [4.78, 5) is 12.4. The Labute approximate surface area is 130 Å². The lowest BCUT2D eigenvalue weighted by molar-refractivity contribution is 0.0529. The number of carbonyl (C=O) groups is 1. The maximum Gasteiger partial charge on any atom is 0.343 e. The normalized spacial score (nSPS) is 13.3. The minimum atomic E-state index is -0.481. The monoisotopic (exact) mass is 309 g/mol. The molecule has 5 nitrogen and oxygen atoms in total. The summed E-state index contributed by atoms with van der Waals surface area (Å²) in [6, 6.07) is 2.22. The maximum atomic E-state index is 12.0. The van der Waals surface area contributed by atoms with Gasteiger partial charge in [-0.15, -0.1) is 11.3 Å². The molecular formula is C15H23N3O2S. The molecule has 0 saturated carbocycles. The Morgan fingerprint density at radius 2 is 2.14 bits per heavy atom. The lowest BCUT2D eigenvalue weighted by Crippen LogP contribution is -2.19. The van der Waals surface area contributed by atoms with Crippen LogP contribution in [0.5, 0.6) is 0 Å². The van der Waals surface area contributed by atoms with Gasteiger partial charge in [0.25, 0.3) is 0 Å². The van der Waals surface area contributed by atoms with Crippen molar-refractivity contribution in [1.82, 2.24) is 0 Å². The largest absolute Gasteiger partial charge is 0.462 e. The van der Waals surface area contributed by atoms with Crippen LogP contribution in [-0.4, -0.2) is 18.6 Å². The van der Waals surface area contributed by atoms with Crippen molar-refractivity contribution >= 4 is 28.0 Å². The molecule has 0 saturated heterocycles. The van der Waals surface area contributed by atoms with Crippen LogP contribution in [0.25, 0.3) is 0 Å². The predicted molar refractivity (Wildman–Crippen MR) is 86.6 cm³/mol. The number of nitrogens with one attached hydrogen (secondary N) is 1. The zero-order valence-corrected chi connectivity index (χ0v) is 13.8. The number of nitrogens with two attached hydrogens (primary N) is 1. The molecule has 0 spiro atoms. The van der Waals surface area contributed by atoms with Gasteiger partial charge >= 0.3 is 5.97 Å². The number of thiophene rings is 1. The standard InChI is InChI=1S/C15H23N3O2S/c1-5-9(3)7-10(4)18-14-12(15(19)20-6-2)13(17)11(8-16)21-14/h9-10,18H,5-7,17H2,1-4H3. The lowest BCUT2D eigenvalue weighted by atomic mass is 10.0. The van der Waals surface area contributed by atoms with Crippen molar-refractivity contribution in [2.24, 2.45) is 5.92 Å². The molecule has 0 aliphatic rings. The Morgan fingerprint density at radius 3 is 2.67 bits per heavy atom. The van der Waals surface area contributed by atoms with E-state index in [1.54, 1.807) is 6.92 Å². The fourth-order valence-corrected chi connectivity index (χ4v) is 3.10. The predicted octanol–water partition coefficient (Wildman–Crippen LogP) is 3.62. The summed E-state index contributed by atoms with van der Waals surface area (Å²) >= 11 is 1.21. The number of hydrogen-bond donors (Lipinski definition) is 2. The summed E-state index contributed by atoms with van der Waals surface area (Å²) < 4.78 is 5.03. The van der Waals surface area contributed by atoms with Crippen LogP contribution in [0, 0.1) is 17.2 Å². The molecule has 1 aromatic heterocycles. The molecule has 0 aliphatic heterocycles. The highest BCUT2D eigenvalue weighted by molar-refractivity contribution is 7.17. The summed E-state index contributed by atoms with van der Waals surface area (Å²) in [6.07, 6.45) is 2.09. The number of ether oxygens (including phenoxy) is 1. The van der Waals surface area contributed by atoms with Gasteiger partial charge in [0.15, 0.2) is 0 Å². The van der Waals surface area contributed by atoms with Crippen LogP contribution in [-0.2, 0) is 4.74 Å². The van der Waals surface area contributed by atoms with Gasteiger partial charge < -0.3 is 15.8 Å². The van der Waals surface area contributed by atoms with Crippen LogP contribution in [0.1, 0.15) is 55.8 Å². The molecule has 6 heteroatoms. The SMILES string of the molecule is CCOC(=O)c1c(NC(C)CC(C)CC)sc(C#N)c1N.